The standard InChI is InChI=1S/C21H27N3O3S/c1-2-27-20(25)19-13-15-12-16(7-8-18(15)28-19)22-21(26)24-11-5-6-17(14-24)23-9-3-4-10-23/h7-8,12-13,17H,2-6,9-11,14H2,1H3,(H,22,26). The molecule has 1 aromatic heterocycles. The summed E-state index contributed by atoms with van der Waals surface area (Å²) in [7, 11) is 0. The van der Waals surface area contributed by atoms with Crippen LogP contribution in [0, 0.1) is 0 Å². The molecule has 1 N–H and O–H groups in total. The fourth-order valence-electron chi connectivity index (χ4n) is 4.17. The summed E-state index contributed by atoms with van der Waals surface area (Å²) in [4.78, 5) is 29.8. The lowest BCUT2D eigenvalue weighted by Gasteiger charge is -2.37. The highest BCUT2D eigenvalue weighted by Crippen LogP contribution is 2.29. The summed E-state index contributed by atoms with van der Waals surface area (Å²) in [5, 5.41) is 3.98. The maximum absolute atomic E-state index is 12.8. The van der Waals surface area contributed by atoms with Crippen molar-refractivity contribution >= 4 is 39.1 Å². The van der Waals surface area contributed by atoms with E-state index in [9.17, 15) is 9.59 Å². The average Bonchev–Trinajstić information content (AvgIpc) is 3.38. The van der Waals surface area contributed by atoms with E-state index >= 15 is 0 Å². The number of esters is 1. The van der Waals surface area contributed by atoms with Crippen LogP contribution >= 0.6 is 11.3 Å². The van der Waals surface area contributed by atoms with Gasteiger partial charge in [-0.25, -0.2) is 9.59 Å². The second-order valence-corrected chi connectivity index (χ2v) is 8.58. The molecule has 0 spiro atoms. The molecule has 1 aromatic carbocycles. The Morgan fingerprint density at radius 1 is 1.18 bits per heavy atom. The molecular weight excluding hydrogens is 374 g/mol. The SMILES string of the molecule is CCOC(=O)c1cc2cc(NC(=O)N3CCCC(N4CCCC4)C3)ccc2s1. The summed E-state index contributed by atoms with van der Waals surface area (Å²) in [5.41, 5.74) is 0.758. The zero-order valence-corrected chi connectivity index (χ0v) is 17.1. The monoisotopic (exact) mass is 401 g/mol. The Bertz CT molecular complexity index is 860. The topological polar surface area (TPSA) is 61.9 Å². The summed E-state index contributed by atoms with van der Waals surface area (Å²) in [6.07, 6.45) is 4.79. The van der Waals surface area contributed by atoms with Crippen molar-refractivity contribution in [3.63, 3.8) is 0 Å². The third-order valence-corrected chi connectivity index (χ3v) is 6.68. The largest absolute Gasteiger partial charge is 0.462 e. The summed E-state index contributed by atoms with van der Waals surface area (Å²) < 4.78 is 6.08. The number of benzene rings is 1. The predicted octanol–water partition coefficient (Wildman–Crippen LogP) is 4.17. The number of thiophene rings is 1. The summed E-state index contributed by atoms with van der Waals surface area (Å²) in [5.74, 6) is -0.296. The lowest BCUT2D eigenvalue weighted by atomic mass is 10.0. The van der Waals surface area contributed by atoms with E-state index in [-0.39, 0.29) is 12.0 Å². The van der Waals surface area contributed by atoms with Gasteiger partial charge in [0.2, 0.25) is 0 Å². The molecule has 2 amide bonds. The van der Waals surface area contributed by atoms with Crippen LogP contribution in [0.25, 0.3) is 10.1 Å². The van der Waals surface area contributed by atoms with Crippen molar-refractivity contribution < 1.29 is 14.3 Å². The highest BCUT2D eigenvalue weighted by molar-refractivity contribution is 7.20. The lowest BCUT2D eigenvalue weighted by Crippen LogP contribution is -2.50. The quantitative estimate of drug-likeness (QED) is 0.781. The summed E-state index contributed by atoms with van der Waals surface area (Å²) in [6, 6.07) is 8.05. The number of hydrogen-bond acceptors (Lipinski definition) is 5. The summed E-state index contributed by atoms with van der Waals surface area (Å²) in [6.45, 7) is 6.11. The number of piperidine rings is 1. The Labute approximate surface area is 169 Å². The number of carbonyl (C=O) groups excluding carboxylic acids is 2. The average molecular weight is 402 g/mol. The molecule has 2 aromatic rings. The second-order valence-electron chi connectivity index (χ2n) is 7.50. The molecule has 0 saturated carbocycles. The molecule has 7 heteroatoms. The molecule has 0 aliphatic carbocycles. The number of ether oxygens (including phenoxy) is 1. The molecule has 2 aliphatic heterocycles. The number of carbonyl (C=O) groups is 2. The van der Waals surface area contributed by atoms with E-state index in [1.807, 2.05) is 29.2 Å². The van der Waals surface area contributed by atoms with Gasteiger partial charge in [0.25, 0.3) is 0 Å². The molecule has 3 heterocycles. The second kappa shape index (κ2) is 8.49. The van der Waals surface area contributed by atoms with Crippen molar-refractivity contribution in [2.45, 2.75) is 38.6 Å². The maximum Gasteiger partial charge on any atom is 0.348 e. The van der Waals surface area contributed by atoms with E-state index in [1.54, 1.807) is 6.92 Å². The van der Waals surface area contributed by atoms with E-state index in [1.165, 1.54) is 30.6 Å². The van der Waals surface area contributed by atoms with Crippen LogP contribution in [0.4, 0.5) is 10.5 Å². The van der Waals surface area contributed by atoms with E-state index < -0.39 is 0 Å². The van der Waals surface area contributed by atoms with Gasteiger partial charge in [0, 0.05) is 29.5 Å². The van der Waals surface area contributed by atoms with Gasteiger partial charge < -0.3 is 15.0 Å². The van der Waals surface area contributed by atoms with Crippen molar-refractivity contribution in [1.82, 2.24) is 9.80 Å². The molecule has 1 unspecified atom stereocenters. The number of amides is 2. The molecule has 28 heavy (non-hydrogen) atoms. The van der Waals surface area contributed by atoms with Gasteiger partial charge in [0.1, 0.15) is 4.88 Å². The number of rotatable bonds is 4. The van der Waals surface area contributed by atoms with Gasteiger partial charge in [-0.15, -0.1) is 11.3 Å². The molecule has 4 rings (SSSR count). The Morgan fingerprint density at radius 2 is 2.00 bits per heavy atom. The van der Waals surface area contributed by atoms with Crippen molar-refractivity contribution in [3.8, 4) is 0 Å². The first-order valence-electron chi connectivity index (χ1n) is 10.1. The molecule has 0 bridgehead atoms. The smallest absolute Gasteiger partial charge is 0.348 e. The van der Waals surface area contributed by atoms with Crippen LogP contribution in [0.2, 0.25) is 0 Å². The van der Waals surface area contributed by atoms with Gasteiger partial charge in [-0.3, -0.25) is 4.90 Å². The summed E-state index contributed by atoms with van der Waals surface area (Å²) >= 11 is 1.41. The molecule has 0 radical (unpaired) electrons. The normalized spacial score (nSPS) is 20.5. The minimum atomic E-state index is -0.296. The van der Waals surface area contributed by atoms with Crippen molar-refractivity contribution in [2.24, 2.45) is 0 Å². The number of anilines is 1. The third-order valence-electron chi connectivity index (χ3n) is 5.58. The maximum atomic E-state index is 12.8. The first-order valence-corrected chi connectivity index (χ1v) is 11.0. The van der Waals surface area contributed by atoms with Crippen molar-refractivity contribution in [3.05, 3.63) is 29.1 Å². The van der Waals surface area contributed by atoms with Crippen LogP contribution in [0.15, 0.2) is 24.3 Å². The zero-order valence-electron chi connectivity index (χ0n) is 16.3. The number of likely N-dealkylation sites (tertiary alicyclic amines) is 2. The highest BCUT2D eigenvalue weighted by atomic mass is 32.1. The predicted molar refractivity (Wildman–Crippen MR) is 112 cm³/mol. The molecule has 1 atom stereocenters. The number of urea groups is 1. The first kappa shape index (κ1) is 19.2. The van der Waals surface area contributed by atoms with Gasteiger partial charge in [-0.05, 0) is 75.3 Å². The van der Waals surface area contributed by atoms with Crippen LogP contribution in [-0.4, -0.2) is 60.6 Å². The van der Waals surface area contributed by atoms with Gasteiger partial charge >= 0.3 is 12.0 Å². The minimum Gasteiger partial charge on any atom is -0.462 e. The van der Waals surface area contributed by atoms with Gasteiger partial charge in [0.15, 0.2) is 0 Å². The first-order chi connectivity index (χ1) is 13.6. The van der Waals surface area contributed by atoms with Crippen LogP contribution < -0.4 is 5.32 Å². The molecule has 150 valence electrons. The van der Waals surface area contributed by atoms with Crippen LogP contribution in [0.5, 0.6) is 0 Å². The van der Waals surface area contributed by atoms with E-state index in [0.717, 1.165) is 48.4 Å². The van der Waals surface area contributed by atoms with Crippen LogP contribution in [0.1, 0.15) is 42.3 Å². The molecule has 6 nitrogen and oxygen atoms in total. The third kappa shape index (κ3) is 4.15. The molecular formula is C21H27N3O3S. The lowest BCUT2D eigenvalue weighted by molar-refractivity contribution is 0.0532. The van der Waals surface area contributed by atoms with E-state index in [2.05, 4.69) is 10.2 Å². The molecule has 2 saturated heterocycles. The van der Waals surface area contributed by atoms with Gasteiger partial charge in [0.05, 0.1) is 6.61 Å². The molecule has 2 fully saturated rings. The van der Waals surface area contributed by atoms with E-state index in [4.69, 9.17) is 4.74 Å². The highest BCUT2D eigenvalue weighted by Gasteiger charge is 2.29. The van der Waals surface area contributed by atoms with Gasteiger partial charge in [-0.2, -0.15) is 0 Å². The fourth-order valence-corrected chi connectivity index (χ4v) is 5.11. The molecule has 2 aliphatic rings. The number of nitrogens with zero attached hydrogens (tertiary/aromatic N) is 2. The number of fused-ring (bicyclic) bond motifs is 1. The zero-order chi connectivity index (χ0) is 19.5. The Kier molecular flexibility index (Phi) is 5.82. The Balaban J connectivity index is 1.42. The van der Waals surface area contributed by atoms with Crippen molar-refractivity contribution in [2.75, 3.05) is 38.1 Å². The Morgan fingerprint density at radius 3 is 2.79 bits per heavy atom. The Hall–Kier alpha value is -2.12. The van der Waals surface area contributed by atoms with Crippen LogP contribution in [0.3, 0.4) is 0 Å². The van der Waals surface area contributed by atoms with E-state index in [0.29, 0.717) is 17.5 Å². The minimum absolute atomic E-state index is 0.0379. The number of nitrogens with one attached hydrogen (secondary N) is 1. The van der Waals surface area contributed by atoms with Crippen LogP contribution in [-0.2, 0) is 4.74 Å². The number of hydrogen-bond donors (Lipinski definition) is 1. The fraction of sp³-hybridized carbons (Fsp3) is 0.524. The van der Waals surface area contributed by atoms with Gasteiger partial charge in [-0.1, -0.05) is 0 Å². The van der Waals surface area contributed by atoms with Crippen molar-refractivity contribution in [1.29, 1.82) is 0 Å².